The SMILES string of the molecule is CC#CCCC(CSC)NC. The van der Waals surface area contributed by atoms with Crippen LogP contribution in [0.5, 0.6) is 0 Å². The van der Waals surface area contributed by atoms with Crippen molar-refractivity contribution in [3.63, 3.8) is 0 Å². The lowest BCUT2D eigenvalue weighted by molar-refractivity contribution is 0.583. The normalized spacial score (nSPS) is 11.9. The molecule has 0 spiro atoms. The van der Waals surface area contributed by atoms with E-state index in [0.29, 0.717) is 6.04 Å². The van der Waals surface area contributed by atoms with Crippen LogP contribution in [-0.4, -0.2) is 25.1 Å². The van der Waals surface area contributed by atoms with E-state index in [1.807, 2.05) is 25.7 Å². The van der Waals surface area contributed by atoms with E-state index in [2.05, 4.69) is 23.4 Å². The molecule has 0 amide bonds. The molecule has 0 rings (SSSR count). The molecule has 0 bridgehead atoms. The minimum Gasteiger partial charge on any atom is -0.316 e. The van der Waals surface area contributed by atoms with Crippen LogP contribution < -0.4 is 5.32 Å². The monoisotopic (exact) mass is 171 g/mol. The molecule has 0 aliphatic rings. The molecule has 0 fully saturated rings. The second-order valence-electron chi connectivity index (χ2n) is 2.41. The third-order valence-electron chi connectivity index (χ3n) is 1.57. The lowest BCUT2D eigenvalue weighted by Gasteiger charge is -2.12. The molecule has 0 saturated carbocycles. The smallest absolute Gasteiger partial charge is 0.0164 e. The molecule has 1 unspecified atom stereocenters. The van der Waals surface area contributed by atoms with E-state index < -0.39 is 0 Å². The highest BCUT2D eigenvalue weighted by molar-refractivity contribution is 7.98. The molecular weight excluding hydrogens is 154 g/mol. The number of thioether (sulfide) groups is 1. The largest absolute Gasteiger partial charge is 0.316 e. The van der Waals surface area contributed by atoms with E-state index in [9.17, 15) is 0 Å². The Bertz CT molecular complexity index is 134. The van der Waals surface area contributed by atoms with Crippen LogP contribution in [0.3, 0.4) is 0 Å². The van der Waals surface area contributed by atoms with Gasteiger partial charge >= 0.3 is 0 Å². The number of rotatable bonds is 5. The number of nitrogens with one attached hydrogen (secondary N) is 1. The maximum atomic E-state index is 3.27. The number of hydrogen-bond donors (Lipinski definition) is 1. The number of hydrogen-bond acceptors (Lipinski definition) is 2. The van der Waals surface area contributed by atoms with E-state index in [1.165, 1.54) is 5.75 Å². The van der Waals surface area contributed by atoms with Gasteiger partial charge in [-0.25, -0.2) is 0 Å². The zero-order valence-corrected chi connectivity index (χ0v) is 8.42. The summed E-state index contributed by atoms with van der Waals surface area (Å²) in [5.41, 5.74) is 0. The van der Waals surface area contributed by atoms with Gasteiger partial charge in [-0.3, -0.25) is 0 Å². The molecule has 0 aromatic carbocycles. The van der Waals surface area contributed by atoms with Gasteiger partial charge in [0.25, 0.3) is 0 Å². The maximum absolute atomic E-state index is 3.27. The van der Waals surface area contributed by atoms with E-state index >= 15 is 0 Å². The molecule has 0 aliphatic heterocycles. The minimum atomic E-state index is 0.630. The summed E-state index contributed by atoms with van der Waals surface area (Å²) in [6, 6.07) is 0.630. The highest BCUT2D eigenvalue weighted by Crippen LogP contribution is 2.02. The molecule has 0 radical (unpaired) electrons. The zero-order valence-electron chi connectivity index (χ0n) is 7.61. The van der Waals surface area contributed by atoms with Crippen molar-refractivity contribution < 1.29 is 0 Å². The fraction of sp³-hybridized carbons (Fsp3) is 0.778. The predicted molar refractivity (Wildman–Crippen MR) is 53.9 cm³/mol. The average Bonchev–Trinajstić information content (AvgIpc) is 2.03. The summed E-state index contributed by atoms with van der Waals surface area (Å²) in [7, 11) is 2.01. The van der Waals surface area contributed by atoms with Crippen molar-refractivity contribution in [1.29, 1.82) is 0 Å². The van der Waals surface area contributed by atoms with E-state index in [0.717, 1.165) is 12.8 Å². The lowest BCUT2D eigenvalue weighted by Crippen LogP contribution is -2.27. The van der Waals surface area contributed by atoms with Crippen LogP contribution in [0.15, 0.2) is 0 Å². The molecule has 2 heteroatoms. The highest BCUT2D eigenvalue weighted by atomic mass is 32.2. The summed E-state index contributed by atoms with van der Waals surface area (Å²) in [6.07, 6.45) is 4.32. The van der Waals surface area contributed by atoms with Gasteiger partial charge in [0.15, 0.2) is 0 Å². The van der Waals surface area contributed by atoms with Gasteiger partial charge in [-0.15, -0.1) is 11.8 Å². The first-order valence-electron chi connectivity index (χ1n) is 3.91. The van der Waals surface area contributed by atoms with Crippen LogP contribution in [0.1, 0.15) is 19.8 Å². The van der Waals surface area contributed by atoms with Crippen LogP contribution in [-0.2, 0) is 0 Å². The molecule has 1 N–H and O–H groups in total. The Balaban J connectivity index is 3.40. The summed E-state index contributed by atoms with van der Waals surface area (Å²) in [5.74, 6) is 7.16. The van der Waals surface area contributed by atoms with Crippen molar-refractivity contribution in [2.75, 3.05) is 19.1 Å². The summed E-state index contributed by atoms with van der Waals surface area (Å²) in [6.45, 7) is 1.89. The fourth-order valence-electron chi connectivity index (χ4n) is 0.884. The third-order valence-corrected chi connectivity index (χ3v) is 2.31. The van der Waals surface area contributed by atoms with Crippen molar-refractivity contribution in [1.82, 2.24) is 5.32 Å². The Morgan fingerprint density at radius 1 is 1.55 bits per heavy atom. The first-order chi connectivity index (χ1) is 5.35. The van der Waals surface area contributed by atoms with Gasteiger partial charge in [-0.2, -0.15) is 11.8 Å². The quantitative estimate of drug-likeness (QED) is 0.632. The summed E-state index contributed by atoms with van der Waals surface area (Å²) < 4.78 is 0. The molecule has 0 aromatic heterocycles. The summed E-state index contributed by atoms with van der Waals surface area (Å²) >= 11 is 1.88. The van der Waals surface area contributed by atoms with Crippen LogP contribution in [0.4, 0.5) is 0 Å². The highest BCUT2D eigenvalue weighted by Gasteiger charge is 2.01. The van der Waals surface area contributed by atoms with E-state index in [4.69, 9.17) is 0 Å². The molecule has 0 aromatic rings. The maximum Gasteiger partial charge on any atom is 0.0164 e. The lowest BCUT2D eigenvalue weighted by atomic mass is 10.2. The molecule has 11 heavy (non-hydrogen) atoms. The van der Waals surface area contributed by atoms with Crippen molar-refractivity contribution >= 4 is 11.8 Å². The predicted octanol–water partition coefficient (Wildman–Crippen LogP) is 1.74. The van der Waals surface area contributed by atoms with Gasteiger partial charge in [0.05, 0.1) is 0 Å². The van der Waals surface area contributed by atoms with E-state index in [-0.39, 0.29) is 0 Å². The van der Waals surface area contributed by atoms with Crippen LogP contribution >= 0.6 is 11.8 Å². The Morgan fingerprint density at radius 2 is 2.27 bits per heavy atom. The molecule has 1 atom stereocenters. The molecule has 0 aliphatic carbocycles. The minimum absolute atomic E-state index is 0.630. The van der Waals surface area contributed by atoms with Gasteiger partial charge in [-0.05, 0) is 26.6 Å². The molecule has 0 saturated heterocycles. The average molecular weight is 171 g/mol. The second kappa shape index (κ2) is 7.97. The van der Waals surface area contributed by atoms with Crippen LogP contribution in [0.25, 0.3) is 0 Å². The van der Waals surface area contributed by atoms with Crippen LogP contribution in [0.2, 0.25) is 0 Å². The topological polar surface area (TPSA) is 12.0 Å². The van der Waals surface area contributed by atoms with Gasteiger partial charge in [0.1, 0.15) is 0 Å². The van der Waals surface area contributed by atoms with Crippen LogP contribution in [0, 0.1) is 11.8 Å². The Morgan fingerprint density at radius 3 is 2.73 bits per heavy atom. The van der Waals surface area contributed by atoms with Crippen molar-refractivity contribution in [2.24, 2.45) is 0 Å². The fourth-order valence-corrected chi connectivity index (χ4v) is 1.62. The van der Waals surface area contributed by atoms with E-state index in [1.54, 1.807) is 0 Å². The van der Waals surface area contributed by atoms with Crippen molar-refractivity contribution in [3.05, 3.63) is 0 Å². The van der Waals surface area contributed by atoms with Gasteiger partial charge in [0, 0.05) is 18.2 Å². The Kier molecular flexibility index (Phi) is 7.88. The first kappa shape index (κ1) is 10.9. The Labute approximate surface area is 74.3 Å². The van der Waals surface area contributed by atoms with Gasteiger partial charge < -0.3 is 5.32 Å². The first-order valence-corrected chi connectivity index (χ1v) is 5.30. The zero-order chi connectivity index (χ0) is 8.53. The molecule has 0 heterocycles. The molecule has 64 valence electrons. The Hall–Kier alpha value is -0.130. The summed E-state index contributed by atoms with van der Waals surface area (Å²) in [4.78, 5) is 0. The third kappa shape index (κ3) is 6.28. The molecule has 1 nitrogen and oxygen atoms in total. The standard InChI is InChI=1S/C9H17NS/c1-4-5-6-7-9(10-2)8-11-3/h9-10H,6-8H2,1-3H3. The van der Waals surface area contributed by atoms with Gasteiger partial charge in [-0.1, -0.05) is 0 Å². The van der Waals surface area contributed by atoms with Gasteiger partial charge in [0.2, 0.25) is 0 Å². The summed E-state index contributed by atoms with van der Waals surface area (Å²) in [5, 5.41) is 3.27. The second-order valence-corrected chi connectivity index (χ2v) is 3.32. The van der Waals surface area contributed by atoms with Crippen molar-refractivity contribution in [2.45, 2.75) is 25.8 Å². The van der Waals surface area contributed by atoms with Crippen molar-refractivity contribution in [3.8, 4) is 11.8 Å². The molecular formula is C9H17NS.